The number of ether oxygens (including phenoxy) is 4. The Morgan fingerprint density at radius 3 is 2.67 bits per heavy atom. The second-order valence-corrected chi connectivity index (χ2v) is 14.9. The molecule has 11 nitrogen and oxygen atoms in total. The number of anilines is 1. The highest BCUT2D eigenvalue weighted by atomic mass is 79.9. The summed E-state index contributed by atoms with van der Waals surface area (Å²) in [5, 5.41) is 15.0. The maximum absolute atomic E-state index is 14.9. The van der Waals surface area contributed by atoms with Crippen molar-refractivity contribution in [2.45, 2.75) is 68.6 Å². The molecule has 5 fully saturated rings. The predicted octanol–water partition coefficient (Wildman–Crippen LogP) is 5.08. The molecular weight excluding hydrogens is 695 g/mol. The van der Waals surface area contributed by atoms with Gasteiger partial charge in [0.15, 0.2) is 0 Å². The highest BCUT2D eigenvalue weighted by Gasteiger charge is 2.47. The fraction of sp³-hybridized carbons (Fsp3) is 0.528. The number of halogens is 2. The Morgan fingerprint density at radius 1 is 1.12 bits per heavy atom. The topological polar surface area (TPSA) is 107 Å². The van der Waals surface area contributed by atoms with Crippen LogP contribution in [0.3, 0.4) is 0 Å². The van der Waals surface area contributed by atoms with Crippen LogP contribution in [0.15, 0.2) is 59.6 Å². The number of aliphatic hydroxyl groups excluding tert-OH is 1. The third-order valence-corrected chi connectivity index (χ3v) is 11.1. The highest BCUT2D eigenvalue weighted by Crippen LogP contribution is 2.39. The lowest BCUT2D eigenvalue weighted by molar-refractivity contribution is -0.184. The van der Waals surface area contributed by atoms with Gasteiger partial charge < -0.3 is 29.0 Å². The first-order valence-electron chi connectivity index (χ1n) is 17.1. The Labute approximate surface area is 293 Å². The maximum atomic E-state index is 14.9. The van der Waals surface area contributed by atoms with Crippen molar-refractivity contribution in [3.8, 4) is 22.8 Å². The van der Waals surface area contributed by atoms with Crippen molar-refractivity contribution >= 4 is 27.3 Å². The predicted molar refractivity (Wildman–Crippen MR) is 185 cm³/mol. The number of aliphatic hydroxyl groups is 1. The molecule has 0 radical (unpaired) electrons. The normalized spacial score (nSPS) is 24.1. The fourth-order valence-corrected chi connectivity index (χ4v) is 8.37. The lowest BCUT2D eigenvalue weighted by Crippen LogP contribution is -2.68. The molecule has 2 bridgehead atoms. The molecule has 5 aliphatic heterocycles. The van der Waals surface area contributed by atoms with E-state index in [1.165, 1.54) is 12.0 Å². The van der Waals surface area contributed by atoms with Gasteiger partial charge in [-0.1, -0.05) is 6.07 Å². The fourth-order valence-electron chi connectivity index (χ4n) is 7.88. The molecule has 0 aliphatic carbocycles. The number of hydrogen-bond acceptors (Lipinski definition) is 10. The van der Waals surface area contributed by atoms with Crippen molar-refractivity contribution in [2.75, 3.05) is 51.5 Å². The Bertz CT molecular complexity index is 1740. The summed E-state index contributed by atoms with van der Waals surface area (Å²) in [6, 6.07) is 11.1. The summed E-state index contributed by atoms with van der Waals surface area (Å²) < 4.78 is 39.9. The van der Waals surface area contributed by atoms with Gasteiger partial charge in [-0.3, -0.25) is 4.90 Å². The van der Waals surface area contributed by atoms with Gasteiger partial charge in [0, 0.05) is 74.1 Å². The molecule has 5 atom stereocenters. The molecule has 9 heterocycles. The maximum Gasteiger partial charge on any atom is 0.212 e. The van der Waals surface area contributed by atoms with Gasteiger partial charge in [0.05, 0.1) is 62.0 Å². The van der Waals surface area contributed by atoms with Crippen molar-refractivity contribution < 1.29 is 28.4 Å². The van der Waals surface area contributed by atoms with E-state index in [0.717, 1.165) is 53.0 Å². The van der Waals surface area contributed by atoms with Crippen LogP contribution in [0, 0.1) is 5.92 Å². The molecule has 0 aromatic carbocycles. The van der Waals surface area contributed by atoms with Crippen molar-refractivity contribution in [3.63, 3.8) is 0 Å². The van der Waals surface area contributed by atoms with Crippen LogP contribution in [-0.4, -0.2) is 106 Å². The van der Waals surface area contributed by atoms with E-state index in [1.54, 1.807) is 24.0 Å². The molecule has 4 aromatic heterocycles. The number of alkyl halides is 1. The van der Waals surface area contributed by atoms with E-state index >= 15 is 0 Å². The van der Waals surface area contributed by atoms with Crippen LogP contribution in [0.5, 0.6) is 11.6 Å². The minimum Gasteiger partial charge on any atom is -0.492 e. The molecule has 260 valence electrons. The molecule has 5 aliphatic rings. The molecule has 5 saturated heterocycles. The quantitative estimate of drug-likeness (QED) is 0.200. The second-order valence-electron chi connectivity index (χ2n) is 14.0. The highest BCUT2D eigenvalue weighted by molar-refractivity contribution is 9.10. The van der Waals surface area contributed by atoms with Gasteiger partial charge in [0.1, 0.15) is 23.3 Å². The first-order valence-corrected chi connectivity index (χ1v) is 17.9. The first-order chi connectivity index (χ1) is 23.8. The van der Waals surface area contributed by atoms with Gasteiger partial charge in [0.25, 0.3) is 0 Å². The average molecular weight is 738 g/mol. The largest absolute Gasteiger partial charge is 0.492 e. The van der Waals surface area contributed by atoms with E-state index in [1.807, 2.05) is 24.5 Å². The number of piperazine rings is 1. The van der Waals surface area contributed by atoms with Crippen molar-refractivity contribution in [2.24, 2.45) is 5.92 Å². The molecule has 1 spiro atoms. The molecule has 49 heavy (non-hydrogen) atoms. The average Bonchev–Trinajstić information content (AvgIpc) is 3.71. The van der Waals surface area contributed by atoms with Crippen LogP contribution in [-0.2, 0) is 16.0 Å². The van der Waals surface area contributed by atoms with Crippen LogP contribution in [0.25, 0.3) is 16.6 Å². The summed E-state index contributed by atoms with van der Waals surface area (Å²) in [6.07, 6.45) is 8.41. The van der Waals surface area contributed by atoms with E-state index in [9.17, 15) is 9.50 Å². The van der Waals surface area contributed by atoms with Crippen LogP contribution in [0.2, 0.25) is 0 Å². The van der Waals surface area contributed by atoms with Crippen molar-refractivity contribution in [3.05, 3.63) is 65.2 Å². The lowest BCUT2D eigenvalue weighted by atomic mass is 9.87. The third kappa shape index (κ3) is 6.88. The smallest absolute Gasteiger partial charge is 0.212 e. The molecule has 9 rings (SSSR count). The summed E-state index contributed by atoms with van der Waals surface area (Å²) in [7, 11) is 1.63. The van der Waals surface area contributed by atoms with E-state index in [0.29, 0.717) is 50.0 Å². The third-order valence-electron chi connectivity index (χ3n) is 10.5. The monoisotopic (exact) mass is 736 g/mol. The van der Waals surface area contributed by atoms with E-state index in [-0.39, 0.29) is 31.0 Å². The summed E-state index contributed by atoms with van der Waals surface area (Å²) in [5.74, 6) is 2.44. The summed E-state index contributed by atoms with van der Waals surface area (Å²) >= 11 is 3.65. The number of rotatable bonds is 13. The van der Waals surface area contributed by atoms with Crippen molar-refractivity contribution in [1.29, 1.82) is 0 Å². The van der Waals surface area contributed by atoms with E-state index in [4.69, 9.17) is 23.9 Å². The number of aromatic nitrogens is 4. The zero-order chi connectivity index (χ0) is 33.5. The summed E-state index contributed by atoms with van der Waals surface area (Å²) in [4.78, 5) is 14.2. The SMILES string of the molecule is COc1ccc(CN2C3CC2CN(c2ccc(-c4cc(OCCC(F)CC(O)CC5COC6(COC6)C5)cn5ncc(Br)c45)cn2)C3)cn1. The number of fused-ring (bicyclic) bond motifs is 3. The minimum atomic E-state index is -1.16. The zero-order valence-electron chi connectivity index (χ0n) is 27.6. The van der Waals surface area contributed by atoms with Crippen LogP contribution in [0.1, 0.15) is 37.7 Å². The number of pyridine rings is 3. The van der Waals surface area contributed by atoms with E-state index in [2.05, 4.69) is 54.0 Å². The molecule has 13 heteroatoms. The number of hydrogen-bond donors (Lipinski definition) is 1. The second kappa shape index (κ2) is 13.7. The minimum absolute atomic E-state index is 0.0917. The van der Waals surface area contributed by atoms with Crippen LogP contribution < -0.4 is 14.4 Å². The van der Waals surface area contributed by atoms with Crippen molar-refractivity contribution in [1.82, 2.24) is 24.5 Å². The summed E-state index contributed by atoms with van der Waals surface area (Å²) in [6.45, 7) is 4.80. The summed E-state index contributed by atoms with van der Waals surface area (Å²) in [5.41, 5.74) is 3.80. The first kappa shape index (κ1) is 32.8. The molecule has 4 aromatic rings. The van der Waals surface area contributed by atoms with Gasteiger partial charge in [-0.2, -0.15) is 5.10 Å². The lowest BCUT2D eigenvalue weighted by Gasteiger charge is -2.56. The Kier molecular flexibility index (Phi) is 9.21. The molecule has 0 amide bonds. The van der Waals surface area contributed by atoms with Gasteiger partial charge >= 0.3 is 0 Å². The number of nitrogens with zero attached hydrogens (tertiary/aromatic N) is 6. The standard InChI is InChI=1S/C36H42BrFN6O5/c1-46-34-5-2-23(13-40-34)16-43-27-10-28(43)18-42(17-27)33-4-3-25(14-39-33)31-11-30(19-44-35(31)32(37)15-41-44)48-7-6-26(38)9-29(45)8-24-12-36(49-20-24)21-47-22-36/h2-5,11,13-15,19,24,26-29,45H,6-10,12,16-18,20-22H2,1H3. The number of piperidine rings is 1. The van der Waals surface area contributed by atoms with Gasteiger partial charge in [-0.25, -0.2) is 18.9 Å². The zero-order valence-corrected chi connectivity index (χ0v) is 29.2. The molecular formula is C36H42BrFN6O5. The Hall–Kier alpha value is -3.36. The molecule has 1 N–H and O–H groups in total. The van der Waals surface area contributed by atoms with Gasteiger partial charge in [-0.05, 0) is 64.9 Å². The van der Waals surface area contributed by atoms with Crippen LogP contribution in [0.4, 0.5) is 10.2 Å². The van der Waals surface area contributed by atoms with E-state index < -0.39 is 12.3 Å². The number of methoxy groups -OCH3 is 1. The molecule has 0 saturated carbocycles. The van der Waals surface area contributed by atoms with Gasteiger partial charge in [0.2, 0.25) is 5.88 Å². The Morgan fingerprint density at radius 2 is 1.98 bits per heavy atom. The molecule has 5 unspecified atom stereocenters. The van der Waals surface area contributed by atoms with Gasteiger partial charge in [-0.15, -0.1) is 0 Å². The van der Waals surface area contributed by atoms with Crippen LogP contribution >= 0.6 is 15.9 Å². The Balaban J connectivity index is 0.867.